The Bertz CT molecular complexity index is 359. The van der Waals surface area contributed by atoms with Gasteiger partial charge in [0.2, 0.25) is 0 Å². The quantitative estimate of drug-likeness (QED) is 0.304. The summed E-state index contributed by atoms with van der Waals surface area (Å²) in [4.78, 5) is 4.41. The molecule has 0 spiro atoms. The van der Waals surface area contributed by atoms with Gasteiger partial charge in [-0.05, 0) is 0 Å². The Kier molecular flexibility index (Phi) is 6.24. The van der Waals surface area contributed by atoms with Crippen molar-refractivity contribution in [2.45, 2.75) is 0 Å². The summed E-state index contributed by atoms with van der Waals surface area (Å²) >= 11 is 0. The predicted molar refractivity (Wildman–Crippen MR) is 51.2 cm³/mol. The summed E-state index contributed by atoms with van der Waals surface area (Å²) in [6, 6.07) is 0. The molecule has 0 aromatic heterocycles. The van der Waals surface area contributed by atoms with Gasteiger partial charge >= 0.3 is 10.4 Å². The minimum absolute atomic E-state index is 0.0880. The van der Waals surface area contributed by atoms with Crippen LogP contribution in [0.15, 0.2) is 0 Å². The van der Waals surface area contributed by atoms with Gasteiger partial charge in [-0.15, -0.1) is 0 Å². The van der Waals surface area contributed by atoms with Crippen LogP contribution in [0.2, 0.25) is 0 Å². The van der Waals surface area contributed by atoms with Crippen molar-refractivity contribution in [3.63, 3.8) is 0 Å². The highest BCUT2D eigenvalue weighted by Crippen LogP contribution is 1.93. The Morgan fingerprint density at radius 1 is 1.20 bits per heavy atom. The van der Waals surface area contributed by atoms with Gasteiger partial charge in [0.15, 0.2) is 9.84 Å². The van der Waals surface area contributed by atoms with E-state index in [9.17, 15) is 16.8 Å². The van der Waals surface area contributed by atoms with Gasteiger partial charge in [0, 0.05) is 6.54 Å². The number of hydrogen-bond donors (Lipinski definition) is 2. The fourth-order valence-corrected chi connectivity index (χ4v) is 2.00. The van der Waals surface area contributed by atoms with Gasteiger partial charge < -0.3 is 4.84 Å². The maximum atomic E-state index is 11.1. The molecule has 2 N–H and O–H groups in total. The zero-order valence-electron chi connectivity index (χ0n) is 8.04. The number of sulfone groups is 1. The molecule has 0 saturated heterocycles. The van der Waals surface area contributed by atoms with E-state index in [-0.39, 0.29) is 12.3 Å². The molecule has 0 aliphatic rings. The molecule has 0 bridgehead atoms. The Morgan fingerprint density at radius 3 is 2.27 bits per heavy atom. The van der Waals surface area contributed by atoms with Crippen LogP contribution in [0.4, 0.5) is 0 Å². The average Bonchev–Trinajstić information content (AvgIpc) is 2.01. The lowest BCUT2D eigenvalue weighted by Gasteiger charge is -2.03. The molecule has 92 valence electrons. The molecule has 15 heavy (non-hydrogen) atoms. The second kappa shape index (κ2) is 6.35. The molecular formula is C5H13NO7S2. The van der Waals surface area contributed by atoms with Gasteiger partial charge in [-0.25, -0.2) is 18.1 Å². The molecular weight excluding hydrogens is 250 g/mol. The third kappa shape index (κ3) is 10.0. The molecule has 0 rings (SSSR count). The first-order valence-corrected chi connectivity index (χ1v) is 7.03. The van der Waals surface area contributed by atoms with E-state index >= 15 is 0 Å². The predicted octanol–water partition coefficient (Wildman–Crippen LogP) is -1.63. The Balaban J connectivity index is 3.85. The largest absolute Gasteiger partial charge is 0.397 e. The van der Waals surface area contributed by atoms with Crippen molar-refractivity contribution in [1.82, 2.24) is 5.48 Å². The van der Waals surface area contributed by atoms with E-state index in [2.05, 4.69) is 14.5 Å². The molecule has 0 aliphatic carbocycles. The zero-order valence-corrected chi connectivity index (χ0v) is 9.67. The van der Waals surface area contributed by atoms with E-state index in [1.54, 1.807) is 0 Å². The standard InChI is InChI=1S/C5H13NO7S2/c1-12-6-2-4-14(7,8)5-3-13-15(9,10)11/h6H,2-5H2,1H3,(H,9,10,11). The van der Waals surface area contributed by atoms with E-state index < -0.39 is 32.6 Å². The molecule has 0 saturated carbocycles. The van der Waals surface area contributed by atoms with Crippen LogP contribution in [0.3, 0.4) is 0 Å². The van der Waals surface area contributed by atoms with Crippen molar-refractivity contribution >= 4 is 20.2 Å². The maximum absolute atomic E-state index is 11.1. The van der Waals surface area contributed by atoms with Crippen molar-refractivity contribution in [1.29, 1.82) is 0 Å². The molecule has 10 heteroatoms. The molecule has 0 fully saturated rings. The smallest absolute Gasteiger partial charge is 0.305 e. The Labute approximate surface area is 88.4 Å². The lowest BCUT2D eigenvalue weighted by atomic mass is 10.8. The first kappa shape index (κ1) is 14.7. The van der Waals surface area contributed by atoms with Crippen molar-refractivity contribution in [3.8, 4) is 0 Å². The highest BCUT2D eigenvalue weighted by atomic mass is 32.3. The number of hydrogen-bond acceptors (Lipinski definition) is 7. The van der Waals surface area contributed by atoms with E-state index in [4.69, 9.17) is 4.55 Å². The molecule has 0 amide bonds. The van der Waals surface area contributed by atoms with Crippen molar-refractivity contribution in [2.24, 2.45) is 0 Å². The molecule has 0 unspecified atom stereocenters. The van der Waals surface area contributed by atoms with Crippen LogP contribution < -0.4 is 5.48 Å². The van der Waals surface area contributed by atoms with Crippen molar-refractivity contribution < 1.29 is 30.4 Å². The monoisotopic (exact) mass is 263 g/mol. The summed E-state index contributed by atoms with van der Waals surface area (Å²) in [7, 11) is -6.65. The first-order valence-electron chi connectivity index (χ1n) is 3.85. The summed E-state index contributed by atoms with van der Waals surface area (Å²) in [6.07, 6.45) is 0. The zero-order chi connectivity index (χ0) is 11.9. The van der Waals surface area contributed by atoms with Crippen LogP contribution in [0.1, 0.15) is 0 Å². The van der Waals surface area contributed by atoms with E-state index in [0.29, 0.717) is 0 Å². The van der Waals surface area contributed by atoms with Gasteiger partial charge in [-0.1, -0.05) is 0 Å². The van der Waals surface area contributed by atoms with Gasteiger partial charge in [0.05, 0.1) is 25.2 Å². The average molecular weight is 263 g/mol. The summed E-state index contributed by atoms with van der Waals surface area (Å²) in [5.41, 5.74) is 2.32. The van der Waals surface area contributed by atoms with Gasteiger partial charge in [0.1, 0.15) is 0 Å². The third-order valence-electron chi connectivity index (χ3n) is 1.29. The number of nitrogens with one attached hydrogen (secondary N) is 1. The lowest BCUT2D eigenvalue weighted by molar-refractivity contribution is 0.0966. The van der Waals surface area contributed by atoms with Crippen molar-refractivity contribution in [2.75, 3.05) is 31.8 Å². The molecule has 0 radical (unpaired) electrons. The fraction of sp³-hybridized carbons (Fsp3) is 1.00. The lowest BCUT2D eigenvalue weighted by Crippen LogP contribution is -2.25. The van der Waals surface area contributed by atoms with Crippen LogP contribution in [0.5, 0.6) is 0 Å². The van der Waals surface area contributed by atoms with Crippen LogP contribution in [-0.4, -0.2) is 53.2 Å². The second-order valence-electron chi connectivity index (χ2n) is 2.50. The van der Waals surface area contributed by atoms with E-state index in [1.807, 2.05) is 0 Å². The number of hydroxylamine groups is 1. The minimum atomic E-state index is -4.58. The Morgan fingerprint density at radius 2 is 1.80 bits per heavy atom. The summed E-state index contributed by atoms with van der Waals surface area (Å²) < 4.78 is 54.5. The summed E-state index contributed by atoms with van der Waals surface area (Å²) in [6.45, 7) is -0.515. The van der Waals surface area contributed by atoms with Crippen LogP contribution in [-0.2, 0) is 29.3 Å². The minimum Gasteiger partial charge on any atom is -0.305 e. The number of rotatable bonds is 8. The highest BCUT2D eigenvalue weighted by Gasteiger charge is 2.13. The summed E-state index contributed by atoms with van der Waals surface area (Å²) in [5, 5.41) is 0. The van der Waals surface area contributed by atoms with Crippen LogP contribution >= 0.6 is 0 Å². The SMILES string of the molecule is CONCCS(=O)(=O)CCOS(=O)(=O)O. The van der Waals surface area contributed by atoms with Crippen LogP contribution in [0, 0.1) is 0 Å². The van der Waals surface area contributed by atoms with Crippen LogP contribution in [0.25, 0.3) is 0 Å². The van der Waals surface area contributed by atoms with E-state index in [0.717, 1.165) is 0 Å². The normalized spacial score (nSPS) is 12.9. The molecule has 0 aromatic carbocycles. The summed E-state index contributed by atoms with van der Waals surface area (Å²) in [5.74, 6) is -0.701. The second-order valence-corrected chi connectivity index (χ2v) is 5.89. The van der Waals surface area contributed by atoms with Gasteiger partial charge in [-0.3, -0.25) is 4.55 Å². The van der Waals surface area contributed by atoms with Gasteiger partial charge in [0.25, 0.3) is 0 Å². The molecule has 8 nitrogen and oxygen atoms in total. The molecule has 0 aromatic rings. The molecule has 0 atom stereocenters. The van der Waals surface area contributed by atoms with E-state index in [1.165, 1.54) is 7.11 Å². The topological polar surface area (TPSA) is 119 Å². The molecule has 0 aliphatic heterocycles. The van der Waals surface area contributed by atoms with Gasteiger partial charge in [-0.2, -0.15) is 8.42 Å². The first-order chi connectivity index (χ1) is 6.77. The maximum Gasteiger partial charge on any atom is 0.397 e. The third-order valence-corrected chi connectivity index (χ3v) is 3.37. The molecule has 0 heterocycles. The fourth-order valence-electron chi connectivity index (χ4n) is 0.668. The highest BCUT2D eigenvalue weighted by molar-refractivity contribution is 7.91. The Hall–Kier alpha value is -0.260. The van der Waals surface area contributed by atoms with Crippen molar-refractivity contribution in [3.05, 3.63) is 0 Å².